The van der Waals surface area contributed by atoms with Crippen molar-refractivity contribution in [3.05, 3.63) is 105 Å². The fourth-order valence-corrected chi connectivity index (χ4v) is 3.52. The van der Waals surface area contributed by atoms with E-state index in [-0.39, 0.29) is 29.1 Å². The summed E-state index contributed by atoms with van der Waals surface area (Å²) in [5, 5.41) is 1.75. The second-order valence-electron chi connectivity index (χ2n) is 5.96. The maximum Gasteiger partial charge on any atom is 0.339 e. The molecule has 0 N–H and O–H groups in total. The lowest BCUT2D eigenvalue weighted by molar-refractivity contribution is 0.0465. The van der Waals surface area contributed by atoms with Gasteiger partial charge in [0.2, 0.25) is 0 Å². The van der Waals surface area contributed by atoms with Crippen LogP contribution >= 0.6 is 11.3 Å². The molecule has 28 heavy (non-hydrogen) atoms. The van der Waals surface area contributed by atoms with E-state index < -0.39 is 5.97 Å². The second kappa shape index (κ2) is 7.58. The first-order valence-corrected chi connectivity index (χ1v) is 9.33. The number of carbonyl (C=O) groups is 2. The Morgan fingerprint density at radius 2 is 1.71 bits per heavy atom. The summed E-state index contributed by atoms with van der Waals surface area (Å²) in [5.74, 6) is -0.905. The minimum atomic E-state index is -0.645. The van der Waals surface area contributed by atoms with Crippen molar-refractivity contribution in [3.63, 3.8) is 0 Å². The molecular weight excluding hydrogens is 376 g/mol. The minimum absolute atomic E-state index is 0.156. The molecule has 0 aliphatic carbocycles. The summed E-state index contributed by atoms with van der Waals surface area (Å²) < 4.78 is 6.74. The predicted octanol–water partition coefficient (Wildman–Crippen LogP) is 3.34. The molecule has 0 spiro atoms. The number of aromatic nitrogens is 2. The summed E-state index contributed by atoms with van der Waals surface area (Å²) >= 11 is 1.32. The van der Waals surface area contributed by atoms with E-state index in [1.807, 2.05) is 6.07 Å². The van der Waals surface area contributed by atoms with Crippen LogP contribution in [-0.4, -0.2) is 21.1 Å². The van der Waals surface area contributed by atoms with E-state index in [1.165, 1.54) is 21.8 Å². The maximum absolute atomic E-state index is 12.7. The highest BCUT2D eigenvalue weighted by atomic mass is 32.1. The van der Waals surface area contributed by atoms with Gasteiger partial charge in [-0.2, -0.15) is 0 Å². The summed E-state index contributed by atoms with van der Waals surface area (Å²) in [6.45, 7) is -0.156. The molecule has 2 aromatic heterocycles. The van der Waals surface area contributed by atoms with Gasteiger partial charge < -0.3 is 4.74 Å². The smallest absolute Gasteiger partial charge is 0.339 e. The molecule has 2 heterocycles. The molecule has 7 heteroatoms. The van der Waals surface area contributed by atoms with E-state index >= 15 is 0 Å². The molecule has 0 aliphatic rings. The summed E-state index contributed by atoms with van der Waals surface area (Å²) in [6, 6.07) is 16.6. The van der Waals surface area contributed by atoms with E-state index in [4.69, 9.17) is 4.74 Å². The normalized spacial score (nSPS) is 10.7. The van der Waals surface area contributed by atoms with Crippen LogP contribution in [0.5, 0.6) is 0 Å². The van der Waals surface area contributed by atoms with E-state index in [1.54, 1.807) is 60.1 Å². The second-order valence-corrected chi connectivity index (χ2v) is 6.83. The average Bonchev–Trinajstić information content (AvgIpc) is 3.21. The number of ether oxygens (including phenoxy) is 1. The van der Waals surface area contributed by atoms with Crippen LogP contribution in [0.4, 0.5) is 0 Å². The standard InChI is InChI=1S/C21H14N2O4S/c24-18-12-15(22-21-23(18)10-11-28-21)13-27-20(26)17-9-5-4-8-16(17)19(25)14-6-2-1-3-7-14/h1-12H,13H2. The zero-order chi connectivity index (χ0) is 19.5. The fraction of sp³-hybridized carbons (Fsp3) is 0.0476. The lowest BCUT2D eigenvalue weighted by Crippen LogP contribution is -2.16. The Hall–Kier alpha value is -3.58. The van der Waals surface area contributed by atoms with E-state index in [0.717, 1.165) is 0 Å². The minimum Gasteiger partial charge on any atom is -0.456 e. The molecule has 4 rings (SSSR count). The van der Waals surface area contributed by atoms with Gasteiger partial charge in [0.25, 0.3) is 5.56 Å². The summed E-state index contributed by atoms with van der Waals surface area (Å²) in [4.78, 5) is 42.2. The number of ketones is 1. The average molecular weight is 390 g/mol. The number of fused-ring (bicyclic) bond motifs is 1. The molecule has 0 radical (unpaired) electrons. The molecule has 0 atom stereocenters. The van der Waals surface area contributed by atoms with Crippen LogP contribution < -0.4 is 5.56 Å². The van der Waals surface area contributed by atoms with Crippen molar-refractivity contribution in [3.8, 4) is 0 Å². The molecule has 0 saturated carbocycles. The topological polar surface area (TPSA) is 77.7 Å². The van der Waals surface area contributed by atoms with Crippen molar-refractivity contribution in [2.45, 2.75) is 6.61 Å². The van der Waals surface area contributed by atoms with Crippen LogP contribution in [0.3, 0.4) is 0 Å². The van der Waals surface area contributed by atoms with Gasteiger partial charge in [-0.15, -0.1) is 11.3 Å². The molecule has 6 nitrogen and oxygen atoms in total. The van der Waals surface area contributed by atoms with Gasteiger partial charge in [0, 0.05) is 28.8 Å². The van der Waals surface area contributed by atoms with Crippen LogP contribution in [0, 0.1) is 0 Å². The third kappa shape index (κ3) is 3.47. The highest BCUT2D eigenvalue weighted by Crippen LogP contribution is 2.16. The Morgan fingerprint density at radius 3 is 2.50 bits per heavy atom. The first-order valence-electron chi connectivity index (χ1n) is 8.45. The van der Waals surface area contributed by atoms with Crippen molar-refractivity contribution < 1.29 is 14.3 Å². The Balaban J connectivity index is 1.57. The van der Waals surface area contributed by atoms with Crippen LogP contribution in [0.25, 0.3) is 4.96 Å². The first-order chi connectivity index (χ1) is 13.6. The van der Waals surface area contributed by atoms with E-state index in [9.17, 15) is 14.4 Å². The van der Waals surface area contributed by atoms with E-state index in [2.05, 4.69) is 4.98 Å². The van der Waals surface area contributed by atoms with Crippen LogP contribution in [0.15, 0.2) is 77.0 Å². The predicted molar refractivity (Wildman–Crippen MR) is 105 cm³/mol. The molecular formula is C21H14N2O4S. The van der Waals surface area contributed by atoms with Crippen LogP contribution in [-0.2, 0) is 11.3 Å². The number of benzene rings is 2. The first kappa shape index (κ1) is 17.8. The Morgan fingerprint density at radius 1 is 1.00 bits per heavy atom. The van der Waals surface area contributed by atoms with E-state index in [0.29, 0.717) is 16.2 Å². The van der Waals surface area contributed by atoms with Gasteiger partial charge in [-0.3, -0.25) is 14.0 Å². The third-order valence-electron chi connectivity index (χ3n) is 4.13. The molecule has 4 aromatic rings. The number of carbonyl (C=O) groups excluding carboxylic acids is 2. The number of rotatable bonds is 5. The third-order valence-corrected chi connectivity index (χ3v) is 4.89. The largest absolute Gasteiger partial charge is 0.456 e. The Bertz CT molecular complexity index is 1230. The van der Waals surface area contributed by atoms with Crippen molar-refractivity contribution in [2.75, 3.05) is 0 Å². The van der Waals surface area contributed by atoms with Crippen molar-refractivity contribution in [2.24, 2.45) is 0 Å². The number of hydrogen-bond acceptors (Lipinski definition) is 6. The van der Waals surface area contributed by atoms with Gasteiger partial charge in [-0.05, 0) is 6.07 Å². The number of hydrogen-bond donors (Lipinski definition) is 0. The van der Waals surface area contributed by atoms with Gasteiger partial charge in [0.15, 0.2) is 10.7 Å². The number of nitrogens with zero attached hydrogens (tertiary/aromatic N) is 2. The molecule has 0 saturated heterocycles. The maximum atomic E-state index is 12.7. The summed E-state index contributed by atoms with van der Waals surface area (Å²) in [6.07, 6.45) is 1.64. The van der Waals surface area contributed by atoms with Crippen LogP contribution in [0.1, 0.15) is 32.0 Å². The van der Waals surface area contributed by atoms with Gasteiger partial charge >= 0.3 is 5.97 Å². The van der Waals surface area contributed by atoms with Crippen molar-refractivity contribution in [1.82, 2.24) is 9.38 Å². The van der Waals surface area contributed by atoms with Gasteiger partial charge in [-0.1, -0.05) is 48.5 Å². The van der Waals surface area contributed by atoms with Gasteiger partial charge in [0.05, 0.1) is 11.3 Å². The van der Waals surface area contributed by atoms with Crippen molar-refractivity contribution >= 4 is 28.1 Å². The Kier molecular flexibility index (Phi) is 4.82. The molecule has 0 unspecified atom stereocenters. The highest BCUT2D eigenvalue weighted by molar-refractivity contribution is 7.15. The van der Waals surface area contributed by atoms with Gasteiger partial charge in [-0.25, -0.2) is 9.78 Å². The zero-order valence-corrected chi connectivity index (χ0v) is 15.4. The SMILES string of the molecule is O=C(OCc1cc(=O)n2ccsc2n1)c1ccccc1C(=O)c1ccccc1. The van der Waals surface area contributed by atoms with Crippen molar-refractivity contribution in [1.29, 1.82) is 0 Å². The van der Waals surface area contributed by atoms with Crippen LogP contribution in [0.2, 0.25) is 0 Å². The monoisotopic (exact) mass is 390 g/mol. The van der Waals surface area contributed by atoms with Gasteiger partial charge in [0.1, 0.15) is 6.61 Å². The number of thiazole rings is 1. The summed E-state index contributed by atoms with van der Waals surface area (Å²) in [5.41, 5.74) is 1.04. The lowest BCUT2D eigenvalue weighted by atomic mass is 9.98. The summed E-state index contributed by atoms with van der Waals surface area (Å²) in [7, 11) is 0. The Labute approximate surface area is 163 Å². The quantitative estimate of drug-likeness (QED) is 0.386. The molecule has 0 amide bonds. The lowest BCUT2D eigenvalue weighted by Gasteiger charge is -2.09. The number of esters is 1. The zero-order valence-electron chi connectivity index (χ0n) is 14.6. The molecule has 0 bridgehead atoms. The molecule has 0 fully saturated rings. The highest BCUT2D eigenvalue weighted by Gasteiger charge is 2.19. The fourth-order valence-electron chi connectivity index (χ4n) is 2.78. The molecule has 0 aliphatic heterocycles. The molecule has 2 aromatic carbocycles. The molecule has 138 valence electrons.